The molecule has 0 unspecified atom stereocenters. The van der Waals surface area contributed by atoms with Crippen molar-refractivity contribution in [3.63, 3.8) is 0 Å². The Morgan fingerprint density at radius 1 is 1.13 bits per heavy atom. The van der Waals surface area contributed by atoms with E-state index in [0.29, 0.717) is 5.16 Å². The smallest absolute Gasteiger partial charge is 0.196 e. The lowest BCUT2D eigenvalue weighted by Crippen LogP contribution is -2.04. The second kappa shape index (κ2) is 6.53. The lowest BCUT2D eigenvalue weighted by atomic mass is 10.1. The maximum Gasteiger partial charge on any atom is 0.196 e. The molecule has 0 amide bonds. The average Bonchev–Trinajstić information content (AvgIpc) is 3.02. The number of rotatable bonds is 5. The number of nitrogens with zero attached hydrogens (tertiary/aromatic N) is 3. The molecule has 6 nitrogen and oxygen atoms in total. The van der Waals surface area contributed by atoms with Gasteiger partial charge in [0.15, 0.2) is 10.9 Å². The zero-order valence-electron chi connectivity index (χ0n) is 12.0. The van der Waals surface area contributed by atoms with E-state index in [4.69, 9.17) is 0 Å². The van der Waals surface area contributed by atoms with Crippen LogP contribution < -0.4 is 0 Å². The summed E-state index contributed by atoms with van der Waals surface area (Å²) in [6.45, 7) is 0. The van der Waals surface area contributed by atoms with Crippen molar-refractivity contribution in [1.29, 1.82) is 0 Å². The van der Waals surface area contributed by atoms with Crippen LogP contribution in [-0.4, -0.2) is 36.5 Å². The zero-order valence-corrected chi connectivity index (χ0v) is 12.8. The van der Waals surface area contributed by atoms with Crippen LogP contribution in [0.4, 0.5) is 0 Å². The average molecular weight is 327 g/mol. The van der Waals surface area contributed by atoms with Crippen LogP contribution in [-0.2, 0) is 0 Å². The Kier molecular flexibility index (Phi) is 4.29. The minimum atomic E-state index is -0.255. The van der Waals surface area contributed by atoms with E-state index >= 15 is 0 Å². The monoisotopic (exact) mass is 327 g/mol. The van der Waals surface area contributed by atoms with Gasteiger partial charge in [-0.2, -0.15) is 0 Å². The molecular weight excluding hydrogens is 314 g/mol. The minimum absolute atomic E-state index is 0.0875. The van der Waals surface area contributed by atoms with Crippen LogP contribution in [0.5, 0.6) is 11.5 Å². The van der Waals surface area contributed by atoms with Gasteiger partial charge in [0.2, 0.25) is 0 Å². The van der Waals surface area contributed by atoms with Crippen LogP contribution in [0.25, 0.3) is 5.69 Å². The highest BCUT2D eigenvalue weighted by molar-refractivity contribution is 7.99. The first-order valence-electron chi connectivity index (χ1n) is 6.78. The van der Waals surface area contributed by atoms with E-state index in [0.717, 1.165) is 11.8 Å². The summed E-state index contributed by atoms with van der Waals surface area (Å²) in [5, 5.41) is 27.5. The summed E-state index contributed by atoms with van der Waals surface area (Å²) in [5.74, 6) is -0.477. The highest BCUT2D eigenvalue weighted by Gasteiger charge is 2.14. The molecular formula is C16H13N3O3S. The molecule has 0 radical (unpaired) electrons. The number of ketones is 1. The number of phenolic OH excluding ortho intramolecular Hbond substituents is 2. The molecule has 7 heteroatoms. The molecule has 0 spiro atoms. The van der Waals surface area contributed by atoms with E-state index < -0.39 is 0 Å². The first kappa shape index (κ1) is 15.1. The Labute approximate surface area is 136 Å². The molecule has 0 aliphatic carbocycles. The molecule has 0 fully saturated rings. The molecule has 2 N–H and O–H groups in total. The number of hydrogen-bond acceptors (Lipinski definition) is 6. The number of para-hydroxylation sites is 1. The quantitative estimate of drug-likeness (QED) is 0.553. The second-order valence-electron chi connectivity index (χ2n) is 4.73. The highest BCUT2D eigenvalue weighted by atomic mass is 32.2. The lowest BCUT2D eigenvalue weighted by Gasteiger charge is -2.06. The molecule has 0 saturated heterocycles. The van der Waals surface area contributed by atoms with E-state index in [1.54, 1.807) is 10.9 Å². The fourth-order valence-electron chi connectivity index (χ4n) is 2.05. The van der Waals surface area contributed by atoms with Crippen molar-refractivity contribution >= 4 is 17.5 Å². The Bertz CT molecular complexity index is 834. The second-order valence-corrected chi connectivity index (χ2v) is 5.67. The van der Waals surface area contributed by atoms with Crippen LogP contribution in [0.3, 0.4) is 0 Å². The Hall–Kier alpha value is -2.80. The lowest BCUT2D eigenvalue weighted by molar-refractivity contribution is 0.102. The van der Waals surface area contributed by atoms with Crippen molar-refractivity contribution in [2.24, 2.45) is 0 Å². The molecule has 0 aliphatic rings. The molecule has 23 heavy (non-hydrogen) atoms. The fraction of sp³-hybridized carbons (Fsp3) is 0.0625. The van der Waals surface area contributed by atoms with Gasteiger partial charge in [0.1, 0.15) is 17.8 Å². The van der Waals surface area contributed by atoms with Gasteiger partial charge in [-0.05, 0) is 24.3 Å². The summed E-state index contributed by atoms with van der Waals surface area (Å²) in [5.41, 5.74) is 1.07. The number of Topliss-reactive ketones (excluding diaryl/α,β-unsaturated/α-hetero) is 1. The van der Waals surface area contributed by atoms with E-state index in [1.165, 1.54) is 23.9 Å². The van der Waals surface area contributed by atoms with Crippen LogP contribution in [0, 0.1) is 0 Å². The van der Waals surface area contributed by atoms with E-state index in [-0.39, 0.29) is 28.6 Å². The van der Waals surface area contributed by atoms with Gasteiger partial charge in [-0.25, -0.2) is 0 Å². The number of phenols is 2. The van der Waals surface area contributed by atoms with Gasteiger partial charge < -0.3 is 10.2 Å². The molecule has 2 aromatic carbocycles. The zero-order chi connectivity index (χ0) is 16.2. The Morgan fingerprint density at radius 3 is 2.65 bits per heavy atom. The van der Waals surface area contributed by atoms with Crippen molar-refractivity contribution in [3.8, 4) is 17.2 Å². The van der Waals surface area contributed by atoms with Crippen LogP contribution in [0.15, 0.2) is 60.0 Å². The normalized spacial score (nSPS) is 10.6. The number of aromatic hydroxyl groups is 2. The number of aromatic nitrogens is 3. The fourth-order valence-corrected chi connectivity index (χ4v) is 2.86. The van der Waals surface area contributed by atoms with Gasteiger partial charge in [0.05, 0.1) is 11.3 Å². The molecule has 0 aliphatic heterocycles. The first-order chi connectivity index (χ1) is 11.1. The number of carbonyl (C=O) groups is 1. The van der Waals surface area contributed by atoms with Gasteiger partial charge >= 0.3 is 0 Å². The maximum atomic E-state index is 12.2. The third kappa shape index (κ3) is 3.35. The van der Waals surface area contributed by atoms with Gasteiger partial charge in [-0.3, -0.25) is 9.36 Å². The summed E-state index contributed by atoms with van der Waals surface area (Å²) in [6, 6.07) is 13.5. The third-order valence-corrected chi connectivity index (χ3v) is 4.11. The summed E-state index contributed by atoms with van der Waals surface area (Å²) >= 11 is 1.23. The van der Waals surface area contributed by atoms with Gasteiger partial charge in [-0.1, -0.05) is 30.0 Å². The number of hydrogen-bond donors (Lipinski definition) is 2. The molecule has 3 rings (SSSR count). The molecule has 1 heterocycles. The predicted molar refractivity (Wildman–Crippen MR) is 86.2 cm³/mol. The molecule has 1 aromatic heterocycles. The summed E-state index contributed by atoms with van der Waals surface area (Å²) in [7, 11) is 0. The third-order valence-electron chi connectivity index (χ3n) is 3.16. The van der Waals surface area contributed by atoms with Crippen LogP contribution >= 0.6 is 11.8 Å². The van der Waals surface area contributed by atoms with Gasteiger partial charge in [0, 0.05) is 11.8 Å². The predicted octanol–water partition coefficient (Wildman–Crippen LogP) is 2.65. The molecule has 116 valence electrons. The molecule has 0 saturated carbocycles. The van der Waals surface area contributed by atoms with Crippen molar-refractivity contribution in [2.45, 2.75) is 5.16 Å². The van der Waals surface area contributed by atoms with Crippen molar-refractivity contribution in [3.05, 3.63) is 60.4 Å². The van der Waals surface area contributed by atoms with E-state index in [1.807, 2.05) is 30.3 Å². The Morgan fingerprint density at radius 2 is 1.91 bits per heavy atom. The molecule has 0 atom stereocenters. The number of carbonyl (C=O) groups excluding carboxylic acids is 1. The highest BCUT2D eigenvalue weighted by Crippen LogP contribution is 2.26. The van der Waals surface area contributed by atoms with E-state index in [2.05, 4.69) is 10.2 Å². The Balaban J connectivity index is 1.74. The molecule has 0 bridgehead atoms. The van der Waals surface area contributed by atoms with Crippen LogP contribution in [0.1, 0.15) is 10.4 Å². The van der Waals surface area contributed by atoms with Crippen molar-refractivity contribution < 1.29 is 15.0 Å². The summed E-state index contributed by atoms with van der Waals surface area (Å²) < 4.78 is 1.79. The maximum absolute atomic E-state index is 12.2. The minimum Gasteiger partial charge on any atom is -0.508 e. The van der Waals surface area contributed by atoms with Crippen molar-refractivity contribution in [1.82, 2.24) is 14.8 Å². The van der Waals surface area contributed by atoms with Crippen LogP contribution in [0.2, 0.25) is 0 Å². The number of benzene rings is 2. The largest absolute Gasteiger partial charge is 0.508 e. The van der Waals surface area contributed by atoms with E-state index in [9.17, 15) is 15.0 Å². The topological polar surface area (TPSA) is 88.2 Å². The standard InChI is InChI=1S/C16H13N3O3S/c20-12-6-7-13(14(21)8-12)15(22)9-23-16-18-17-10-19(16)11-4-2-1-3-5-11/h1-8,10,20-21H,9H2. The first-order valence-corrected chi connectivity index (χ1v) is 7.77. The van der Waals surface area contributed by atoms with Gasteiger partial charge in [0.25, 0.3) is 0 Å². The van der Waals surface area contributed by atoms with Crippen molar-refractivity contribution in [2.75, 3.05) is 5.75 Å². The van der Waals surface area contributed by atoms with Gasteiger partial charge in [-0.15, -0.1) is 10.2 Å². The number of thioether (sulfide) groups is 1. The summed E-state index contributed by atoms with van der Waals surface area (Å²) in [4.78, 5) is 12.2. The molecule has 3 aromatic rings. The summed E-state index contributed by atoms with van der Waals surface area (Å²) in [6.07, 6.45) is 1.58. The SMILES string of the molecule is O=C(CSc1nncn1-c1ccccc1)c1ccc(O)cc1O.